The van der Waals surface area contributed by atoms with Gasteiger partial charge in [0.05, 0.1) is 0 Å². The van der Waals surface area contributed by atoms with Crippen LogP contribution in [-0.2, 0) is 0 Å². The molecule has 4 nitrogen and oxygen atoms in total. The molecule has 0 bridgehead atoms. The van der Waals surface area contributed by atoms with Crippen LogP contribution in [0.4, 0.5) is 0 Å². The average Bonchev–Trinajstić information content (AvgIpc) is 2.04. The van der Waals surface area contributed by atoms with Crippen LogP contribution < -0.4 is 5.32 Å². The zero-order chi connectivity index (χ0) is 9.84. The predicted molar refractivity (Wildman–Crippen MR) is 51.1 cm³/mol. The van der Waals surface area contributed by atoms with Gasteiger partial charge in [0.2, 0.25) is 5.96 Å². The SMILES string of the molecule is CC1CCCC(C)N1C(=N)NC#N. The summed E-state index contributed by atoms with van der Waals surface area (Å²) >= 11 is 0. The van der Waals surface area contributed by atoms with Crippen LogP contribution in [0.25, 0.3) is 0 Å². The van der Waals surface area contributed by atoms with Gasteiger partial charge in [-0.25, -0.2) is 0 Å². The average molecular weight is 180 g/mol. The summed E-state index contributed by atoms with van der Waals surface area (Å²) in [5, 5.41) is 18.4. The molecule has 1 rings (SSSR count). The molecular weight excluding hydrogens is 164 g/mol. The lowest BCUT2D eigenvalue weighted by molar-refractivity contribution is 0.186. The first kappa shape index (κ1) is 9.85. The molecule has 1 aliphatic rings. The molecule has 2 atom stereocenters. The highest BCUT2D eigenvalue weighted by Gasteiger charge is 2.26. The van der Waals surface area contributed by atoms with Crippen molar-refractivity contribution in [3.8, 4) is 6.19 Å². The number of nitriles is 1. The number of likely N-dealkylation sites (tertiary alicyclic amines) is 1. The molecule has 2 unspecified atom stereocenters. The van der Waals surface area contributed by atoms with E-state index in [2.05, 4.69) is 19.2 Å². The molecule has 0 aromatic carbocycles. The van der Waals surface area contributed by atoms with E-state index in [0.717, 1.165) is 12.8 Å². The standard InChI is InChI=1S/C9H16N4/c1-7-4-3-5-8(2)13(7)9(11)12-6-10/h7-8H,3-5H2,1-2H3,(H2,11,12). The van der Waals surface area contributed by atoms with E-state index in [1.807, 2.05) is 4.90 Å². The zero-order valence-corrected chi connectivity index (χ0v) is 8.17. The third-order valence-electron chi connectivity index (χ3n) is 2.63. The fraction of sp³-hybridized carbons (Fsp3) is 0.778. The van der Waals surface area contributed by atoms with Gasteiger partial charge in [-0.05, 0) is 33.1 Å². The predicted octanol–water partition coefficient (Wildman–Crippen LogP) is 1.25. The summed E-state index contributed by atoms with van der Waals surface area (Å²) in [4.78, 5) is 1.98. The minimum absolute atomic E-state index is 0.238. The summed E-state index contributed by atoms with van der Waals surface area (Å²) in [5.74, 6) is 0.238. The van der Waals surface area contributed by atoms with Crippen molar-refractivity contribution >= 4 is 5.96 Å². The van der Waals surface area contributed by atoms with Crippen molar-refractivity contribution in [1.29, 1.82) is 10.7 Å². The molecule has 0 radical (unpaired) electrons. The molecular formula is C9H16N4. The molecule has 0 spiro atoms. The molecule has 0 aromatic heterocycles. The topological polar surface area (TPSA) is 62.9 Å². The lowest BCUT2D eigenvalue weighted by atomic mass is 9.98. The Labute approximate surface area is 79.0 Å². The Hall–Kier alpha value is -1.24. The van der Waals surface area contributed by atoms with Gasteiger partial charge in [-0.1, -0.05) is 0 Å². The Bertz CT molecular complexity index is 220. The maximum atomic E-state index is 8.41. The quantitative estimate of drug-likeness (QED) is 0.255. The maximum Gasteiger partial charge on any atom is 0.204 e. The fourth-order valence-corrected chi connectivity index (χ4v) is 1.98. The Kier molecular flexibility index (Phi) is 3.13. The van der Waals surface area contributed by atoms with Crippen molar-refractivity contribution < 1.29 is 0 Å². The normalized spacial score (nSPS) is 27.9. The molecule has 1 saturated heterocycles. The molecule has 4 heteroatoms. The zero-order valence-electron chi connectivity index (χ0n) is 8.17. The third-order valence-corrected chi connectivity index (χ3v) is 2.63. The van der Waals surface area contributed by atoms with Crippen molar-refractivity contribution in [3.63, 3.8) is 0 Å². The maximum absolute atomic E-state index is 8.41. The monoisotopic (exact) mass is 180 g/mol. The Morgan fingerprint density at radius 3 is 2.46 bits per heavy atom. The third kappa shape index (κ3) is 2.11. The summed E-state index contributed by atoms with van der Waals surface area (Å²) in [6.45, 7) is 4.20. The van der Waals surface area contributed by atoms with E-state index in [4.69, 9.17) is 10.7 Å². The van der Waals surface area contributed by atoms with Crippen molar-refractivity contribution in [2.24, 2.45) is 0 Å². The van der Waals surface area contributed by atoms with E-state index >= 15 is 0 Å². The largest absolute Gasteiger partial charge is 0.337 e. The summed E-state index contributed by atoms with van der Waals surface area (Å²) in [5.41, 5.74) is 0. The summed E-state index contributed by atoms with van der Waals surface area (Å²) < 4.78 is 0. The van der Waals surface area contributed by atoms with Crippen molar-refractivity contribution in [2.75, 3.05) is 0 Å². The van der Waals surface area contributed by atoms with Crippen LogP contribution in [-0.4, -0.2) is 22.9 Å². The number of piperidine rings is 1. The molecule has 0 aromatic rings. The highest BCUT2D eigenvalue weighted by molar-refractivity contribution is 5.78. The van der Waals surface area contributed by atoms with E-state index in [1.54, 1.807) is 6.19 Å². The smallest absolute Gasteiger partial charge is 0.204 e. The van der Waals surface area contributed by atoms with Gasteiger partial charge >= 0.3 is 0 Å². The second kappa shape index (κ2) is 4.13. The van der Waals surface area contributed by atoms with Gasteiger partial charge in [-0.3, -0.25) is 10.7 Å². The number of hydrogen-bond donors (Lipinski definition) is 2. The van der Waals surface area contributed by atoms with Crippen LogP contribution in [0.15, 0.2) is 0 Å². The van der Waals surface area contributed by atoms with Crippen LogP contribution in [0.3, 0.4) is 0 Å². The van der Waals surface area contributed by atoms with E-state index < -0.39 is 0 Å². The lowest BCUT2D eigenvalue weighted by Crippen LogP contribution is -2.51. The van der Waals surface area contributed by atoms with Crippen LogP contribution in [0, 0.1) is 16.9 Å². The van der Waals surface area contributed by atoms with Gasteiger partial charge in [0, 0.05) is 12.1 Å². The summed E-state index contributed by atoms with van der Waals surface area (Å²) in [7, 11) is 0. The second-order valence-corrected chi connectivity index (χ2v) is 3.62. The molecule has 72 valence electrons. The first-order valence-corrected chi connectivity index (χ1v) is 4.68. The van der Waals surface area contributed by atoms with E-state index in [9.17, 15) is 0 Å². The van der Waals surface area contributed by atoms with Crippen molar-refractivity contribution in [3.05, 3.63) is 0 Å². The van der Waals surface area contributed by atoms with Crippen LogP contribution >= 0.6 is 0 Å². The van der Waals surface area contributed by atoms with Crippen molar-refractivity contribution in [2.45, 2.75) is 45.2 Å². The summed E-state index contributed by atoms with van der Waals surface area (Å²) in [6.07, 6.45) is 5.23. The van der Waals surface area contributed by atoms with Gasteiger partial charge in [0.15, 0.2) is 6.19 Å². The molecule has 2 N–H and O–H groups in total. The Balaban J connectivity index is 2.63. The molecule has 0 aliphatic carbocycles. The molecule has 0 saturated carbocycles. The molecule has 13 heavy (non-hydrogen) atoms. The van der Waals surface area contributed by atoms with Crippen LogP contribution in [0.2, 0.25) is 0 Å². The number of nitrogens with zero attached hydrogens (tertiary/aromatic N) is 2. The number of nitrogens with one attached hydrogen (secondary N) is 2. The van der Waals surface area contributed by atoms with Gasteiger partial charge in [0.25, 0.3) is 0 Å². The van der Waals surface area contributed by atoms with Gasteiger partial charge in [0.1, 0.15) is 0 Å². The molecule has 1 aliphatic heterocycles. The molecule has 0 amide bonds. The minimum Gasteiger partial charge on any atom is -0.337 e. The van der Waals surface area contributed by atoms with Gasteiger partial charge in [-0.15, -0.1) is 0 Å². The van der Waals surface area contributed by atoms with Crippen LogP contribution in [0.1, 0.15) is 33.1 Å². The number of guanidine groups is 1. The highest BCUT2D eigenvalue weighted by Crippen LogP contribution is 2.21. The van der Waals surface area contributed by atoms with E-state index in [-0.39, 0.29) is 5.96 Å². The Morgan fingerprint density at radius 2 is 2.00 bits per heavy atom. The van der Waals surface area contributed by atoms with Crippen LogP contribution in [0.5, 0.6) is 0 Å². The van der Waals surface area contributed by atoms with E-state index in [1.165, 1.54) is 6.42 Å². The van der Waals surface area contributed by atoms with E-state index in [0.29, 0.717) is 12.1 Å². The second-order valence-electron chi connectivity index (χ2n) is 3.62. The summed E-state index contributed by atoms with van der Waals surface area (Å²) in [6, 6.07) is 0.745. The van der Waals surface area contributed by atoms with Gasteiger partial charge in [-0.2, -0.15) is 5.26 Å². The Morgan fingerprint density at radius 1 is 1.46 bits per heavy atom. The fourth-order valence-electron chi connectivity index (χ4n) is 1.98. The molecule has 1 fully saturated rings. The van der Waals surface area contributed by atoms with Crippen molar-refractivity contribution in [1.82, 2.24) is 10.2 Å². The highest BCUT2D eigenvalue weighted by atomic mass is 15.3. The first-order chi connectivity index (χ1) is 6.16. The first-order valence-electron chi connectivity index (χ1n) is 4.68. The molecule has 1 heterocycles. The lowest BCUT2D eigenvalue weighted by Gasteiger charge is -2.39. The number of hydrogen-bond acceptors (Lipinski definition) is 2. The number of rotatable bonds is 0. The minimum atomic E-state index is 0.238. The van der Waals surface area contributed by atoms with Gasteiger partial charge < -0.3 is 4.90 Å².